The highest BCUT2D eigenvalue weighted by atomic mass is 35.5. The number of aliphatic hydroxyl groups is 1. The van der Waals surface area contributed by atoms with E-state index in [9.17, 15) is 5.11 Å². The van der Waals surface area contributed by atoms with Gasteiger partial charge in [-0.15, -0.1) is 0 Å². The third-order valence-corrected chi connectivity index (χ3v) is 5.09. The quantitative estimate of drug-likeness (QED) is 0.932. The fraction of sp³-hybridized carbons (Fsp3) is 0.688. The van der Waals surface area contributed by atoms with Gasteiger partial charge in [0, 0.05) is 19.1 Å². The molecule has 0 spiro atoms. The summed E-state index contributed by atoms with van der Waals surface area (Å²) in [5.41, 5.74) is 0.576. The van der Waals surface area contributed by atoms with Crippen molar-refractivity contribution >= 4 is 17.4 Å². The van der Waals surface area contributed by atoms with Crippen molar-refractivity contribution < 1.29 is 5.11 Å². The van der Waals surface area contributed by atoms with E-state index in [0.717, 1.165) is 24.9 Å². The van der Waals surface area contributed by atoms with Crippen LogP contribution in [0.4, 0.5) is 5.82 Å². The van der Waals surface area contributed by atoms with Crippen LogP contribution in [0, 0.1) is 0 Å². The van der Waals surface area contributed by atoms with Crippen molar-refractivity contribution in [3.8, 4) is 0 Å². The number of pyridine rings is 1. The average Bonchev–Trinajstić information content (AvgIpc) is 2.56. The molecule has 116 valence electrons. The molecule has 0 saturated carbocycles. The molecule has 21 heavy (non-hydrogen) atoms. The molecule has 3 heterocycles. The first-order valence-electron chi connectivity index (χ1n) is 8.03. The molecule has 3 rings (SSSR count). The molecule has 2 fully saturated rings. The monoisotopic (exact) mass is 309 g/mol. The number of nitrogens with zero attached hydrogens (tertiary/aromatic N) is 3. The van der Waals surface area contributed by atoms with Gasteiger partial charge in [-0.05, 0) is 50.9 Å². The topological polar surface area (TPSA) is 39.6 Å². The zero-order valence-electron chi connectivity index (χ0n) is 12.5. The third kappa shape index (κ3) is 3.50. The first-order chi connectivity index (χ1) is 10.3. The van der Waals surface area contributed by atoms with E-state index >= 15 is 0 Å². The fourth-order valence-corrected chi connectivity index (χ4v) is 3.67. The molecule has 0 atom stereocenters. The maximum absolute atomic E-state index is 9.28. The summed E-state index contributed by atoms with van der Waals surface area (Å²) in [7, 11) is 0. The Bertz CT molecular complexity index is 469. The normalized spacial score (nSPS) is 21.7. The van der Waals surface area contributed by atoms with Gasteiger partial charge >= 0.3 is 0 Å². The molecule has 5 heteroatoms. The van der Waals surface area contributed by atoms with Gasteiger partial charge in [0.1, 0.15) is 5.82 Å². The van der Waals surface area contributed by atoms with Gasteiger partial charge < -0.3 is 14.9 Å². The average molecular weight is 310 g/mol. The highest BCUT2D eigenvalue weighted by Crippen LogP contribution is 2.25. The molecular weight excluding hydrogens is 286 g/mol. The second-order valence-electron chi connectivity index (χ2n) is 6.07. The van der Waals surface area contributed by atoms with E-state index in [2.05, 4.69) is 14.8 Å². The summed E-state index contributed by atoms with van der Waals surface area (Å²) in [5.74, 6) is 0.945. The summed E-state index contributed by atoms with van der Waals surface area (Å²) < 4.78 is 0. The lowest BCUT2D eigenvalue weighted by Gasteiger charge is -2.40. The Hall–Kier alpha value is -0.840. The predicted molar refractivity (Wildman–Crippen MR) is 85.8 cm³/mol. The second kappa shape index (κ2) is 6.95. The summed E-state index contributed by atoms with van der Waals surface area (Å²) in [4.78, 5) is 9.47. The van der Waals surface area contributed by atoms with Crippen molar-refractivity contribution in [1.82, 2.24) is 9.88 Å². The zero-order chi connectivity index (χ0) is 14.7. The lowest BCUT2D eigenvalue weighted by molar-refractivity contribution is 0.141. The number of rotatable bonds is 3. The molecule has 0 aromatic carbocycles. The van der Waals surface area contributed by atoms with Crippen LogP contribution in [0.25, 0.3) is 0 Å². The van der Waals surface area contributed by atoms with Crippen LogP contribution in [0.1, 0.15) is 37.8 Å². The number of piperidine rings is 2. The Kier molecular flexibility index (Phi) is 4.99. The van der Waals surface area contributed by atoms with Crippen LogP contribution >= 0.6 is 11.6 Å². The van der Waals surface area contributed by atoms with Gasteiger partial charge in [-0.1, -0.05) is 18.0 Å². The smallest absolute Gasteiger partial charge is 0.129 e. The van der Waals surface area contributed by atoms with E-state index in [1.165, 1.54) is 45.2 Å². The van der Waals surface area contributed by atoms with Crippen LogP contribution in [0.3, 0.4) is 0 Å². The maximum atomic E-state index is 9.28. The van der Waals surface area contributed by atoms with Crippen LogP contribution < -0.4 is 4.90 Å². The number of hydrogen-bond acceptors (Lipinski definition) is 4. The van der Waals surface area contributed by atoms with Gasteiger partial charge in [-0.25, -0.2) is 4.98 Å². The number of likely N-dealkylation sites (tertiary alicyclic amines) is 1. The predicted octanol–water partition coefficient (Wildman–Crippen LogP) is 2.68. The standard InChI is InChI=1S/C16H24ClN3O/c17-14-4-5-16(18-15(14)12-21)20-10-6-13(7-11-20)19-8-2-1-3-9-19/h4-5,13,21H,1-3,6-12H2. The van der Waals surface area contributed by atoms with E-state index in [-0.39, 0.29) is 6.61 Å². The van der Waals surface area contributed by atoms with Crippen LogP contribution in [0.5, 0.6) is 0 Å². The Morgan fingerprint density at radius 1 is 1.10 bits per heavy atom. The lowest BCUT2D eigenvalue weighted by atomic mass is 10.00. The van der Waals surface area contributed by atoms with Crippen molar-refractivity contribution in [3.63, 3.8) is 0 Å². The summed E-state index contributed by atoms with van der Waals surface area (Å²) >= 11 is 6.01. The van der Waals surface area contributed by atoms with Crippen LogP contribution in [-0.4, -0.2) is 47.2 Å². The summed E-state index contributed by atoms with van der Waals surface area (Å²) in [6, 6.07) is 4.54. The molecule has 0 radical (unpaired) electrons. The highest BCUT2D eigenvalue weighted by Gasteiger charge is 2.26. The Labute approximate surface area is 131 Å². The molecule has 2 aliphatic rings. The van der Waals surface area contributed by atoms with Gasteiger partial charge in [-0.3, -0.25) is 0 Å². The molecule has 2 aliphatic heterocycles. The molecule has 0 unspecified atom stereocenters. The Balaban J connectivity index is 1.60. The van der Waals surface area contributed by atoms with Gasteiger partial charge in [0.05, 0.1) is 17.3 Å². The molecule has 0 aliphatic carbocycles. The summed E-state index contributed by atoms with van der Waals surface area (Å²) in [6.45, 7) is 4.54. The number of aliphatic hydroxyl groups excluding tert-OH is 1. The first-order valence-corrected chi connectivity index (χ1v) is 8.41. The van der Waals surface area contributed by atoms with E-state index in [4.69, 9.17) is 11.6 Å². The first kappa shape index (κ1) is 15.1. The number of halogens is 1. The van der Waals surface area contributed by atoms with Gasteiger partial charge in [0.25, 0.3) is 0 Å². The molecule has 1 aromatic heterocycles. The van der Waals surface area contributed by atoms with Gasteiger partial charge in [0.2, 0.25) is 0 Å². The van der Waals surface area contributed by atoms with E-state index < -0.39 is 0 Å². The van der Waals surface area contributed by atoms with Crippen molar-refractivity contribution in [3.05, 3.63) is 22.8 Å². The van der Waals surface area contributed by atoms with Crippen LogP contribution in [0.2, 0.25) is 5.02 Å². The molecule has 2 saturated heterocycles. The molecule has 1 N–H and O–H groups in total. The van der Waals surface area contributed by atoms with E-state index in [1.807, 2.05) is 12.1 Å². The van der Waals surface area contributed by atoms with E-state index in [0.29, 0.717) is 10.7 Å². The molecule has 0 bridgehead atoms. The van der Waals surface area contributed by atoms with Crippen molar-refractivity contribution in [2.45, 2.75) is 44.8 Å². The minimum Gasteiger partial charge on any atom is -0.390 e. The number of hydrogen-bond donors (Lipinski definition) is 1. The lowest BCUT2D eigenvalue weighted by Crippen LogP contribution is -2.47. The zero-order valence-corrected chi connectivity index (χ0v) is 13.2. The number of aromatic nitrogens is 1. The van der Waals surface area contributed by atoms with Crippen LogP contribution in [0.15, 0.2) is 12.1 Å². The van der Waals surface area contributed by atoms with Gasteiger partial charge in [0.15, 0.2) is 0 Å². The number of anilines is 1. The SMILES string of the molecule is OCc1nc(N2CCC(N3CCCCC3)CC2)ccc1Cl. The molecule has 0 amide bonds. The van der Waals surface area contributed by atoms with E-state index in [1.54, 1.807) is 0 Å². The highest BCUT2D eigenvalue weighted by molar-refractivity contribution is 6.31. The minimum absolute atomic E-state index is 0.100. The second-order valence-corrected chi connectivity index (χ2v) is 6.48. The summed E-state index contributed by atoms with van der Waals surface area (Å²) in [6.07, 6.45) is 6.53. The third-order valence-electron chi connectivity index (χ3n) is 4.75. The largest absolute Gasteiger partial charge is 0.390 e. The molecule has 4 nitrogen and oxygen atoms in total. The Morgan fingerprint density at radius 3 is 2.48 bits per heavy atom. The molecular formula is C16H24ClN3O. The van der Waals surface area contributed by atoms with Crippen molar-refractivity contribution in [2.24, 2.45) is 0 Å². The molecule has 1 aromatic rings. The minimum atomic E-state index is -0.100. The fourth-order valence-electron chi connectivity index (χ4n) is 3.50. The van der Waals surface area contributed by atoms with Crippen molar-refractivity contribution in [2.75, 3.05) is 31.1 Å². The van der Waals surface area contributed by atoms with Crippen molar-refractivity contribution in [1.29, 1.82) is 0 Å². The summed E-state index contributed by atoms with van der Waals surface area (Å²) in [5, 5.41) is 9.83. The Morgan fingerprint density at radius 2 is 1.81 bits per heavy atom. The van der Waals surface area contributed by atoms with Gasteiger partial charge in [-0.2, -0.15) is 0 Å². The maximum Gasteiger partial charge on any atom is 0.129 e. The van der Waals surface area contributed by atoms with Crippen LogP contribution in [-0.2, 0) is 6.61 Å².